The molecule has 166 valence electrons. The number of amides is 2. The second kappa shape index (κ2) is 8.86. The number of fused-ring (bicyclic) bond motifs is 1. The minimum absolute atomic E-state index is 0.164. The molecule has 33 heavy (non-hydrogen) atoms. The molecule has 3 heterocycles. The fourth-order valence-electron chi connectivity index (χ4n) is 4.26. The molecule has 0 radical (unpaired) electrons. The van der Waals surface area contributed by atoms with Crippen LogP contribution in [0.25, 0.3) is 11.0 Å². The maximum absolute atomic E-state index is 13.3. The number of nitrogens with one attached hydrogen (secondary N) is 1. The molecule has 2 amide bonds. The van der Waals surface area contributed by atoms with Crippen LogP contribution in [0, 0.1) is 6.92 Å². The predicted molar refractivity (Wildman–Crippen MR) is 125 cm³/mol. The molecule has 7 heteroatoms. The van der Waals surface area contributed by atoms with Gasteiger partial charge in [0, 0.05) is 23.8 Å². The number of nitrogens with zero attached hydrogens (tertiary/aromatic N) is 3. The summed E-state index contributed by atoms with van der Waals surface area (Å²) in [6.07, 6.45) is 4.21. The normalized spacial score (nSPS) is 16.0. The van der Waals surface area contributed by atoms with E-state index < -0.39 is 0 Å². The number of hydrogen-bond acceptors (Lipinski definition) is 5. The first-order valence-electron chi connectivity index (χ1n) is 11.1. The number of benzene rings is 2. The first-order valence-corrected chi connectivity index (χ1v) is 11.1. The summed E-state index contributed by atoms with van der Waals surface area (Å²) >= 11 is 0. The third-order valence-electron chi connectivity index (χ3n) is 5.97. The second-order valence-corrected chi connectivity index (χ2v) is 8.21. The molecule has 0 spiro atoms. The van der Waals surface area contributed by atoms with Crippen molar-refractivity contribution in [1.29, 1.82) is 0 Å². The Morgan fingerprint density at radius 3 is 2.64 bits per heavy atom. The van der Waals surface area contributed by atoms with Crippen LogP contribution in [0.1, 0.15) is 57.7 Å². The molecule has 2 aromatic heterocycles. The van der Waals surface area contributed by atoms with Crippen LogP contribution in [0.15, 0.2) is 71.3 Å². The summed E-state index contributed by atoms with van der Waals surface area (Å²) in [6, 6.07) is 18.4. The highest BCUT2D eigenvalue weighted by Crippen LogP contribution is 2.32. The van der Waals surface area contributed by atoms with Gasteiger partial charge in [0.15, 0.2) is 11.6 Å². The van der Waals surface area contributed by atoms with Gasteiger partial charge in [-0.15, -0.1) is 0 Å². The molecule has 7 nitrogen and oxygen atoms in total. The van der Waals surface area contributed by atoms with Gasteiger partial charge in [0.2, 0.25) is 0 Å². The molecule has 1 saturated heterocycles. The van der Waals surface area contributed by atoms with Gasteiger partial charge in [0.25, 0.3) is 11.8 Å². The summed E-state index contributed by atoms with van der Waals surface area (Å²) in [6.45, 7) is 2.40. The topological polar surface area (TPSA) is 88.3 Å². The van der Waals surface area contributed by atoms with Gasteiger partial charge in [-0.25, -0.2) is 9.97 Å². The van der Waals surface area contributed by atoms with Gasteiger partial charge in [-0.1, -0.05) is 36.4 Å². The monoisotopic (exact) mass is 440 g/mol. The molecule has 0 saturated carbocycles. The number of para-hydroxylation sites is 2. The molecule has 0 unspecified atom stereocenters. The molecule has 1 fully saturated rings. The smallest absolute Gasteiger partial charge is 0.290 e. The highest BCUT2D eigenvalue weighted by molar-refractivity contribution is 6.04. The van der Waals surface area contributed by atoms with Crippen molar-refractivity contribution < 1.29 is 14.0 Å². The number of rotatable bonds is 4. The summed E-state index contributed by atoms with van der Waals surface area (Å²) in [5.74, 6) is 0.443. The standard InChI is InChI=1S/C26H24N4O3/c1-17-20(25(31)29-19-10-3-2-4-11-19)16-27-24(28-17)21-12-7-8-14-30(21)26(32)23-15-18-9-5-6-13-22(18)33-23/h2-6,9-11,13,15-16,21H,7-8,12,14H2,1H3,(H,29,31)/t21-/m1/s1. The van der Waals surface area contributed by atoms with Crippen LogP contribution in [0.4, 0.5) is 5.69 Å². The van der Waals surface area contributed by atoms with Gasteiger partial charge >= 0.3 is 0 Å². The molecule has 0 bridgehead atoms. The summed E-state index contributed by atoms with van der Waals surface area (Å²) in [5, 5.41) is 3.76. The van der Waals surface area contributed by atoms with E-state index in [1.54, 1.807) is 24.1 Å². The maximum Gasteiger partial charge on any atom is 0.290 e. The predicted octanol–water partition coefficient (Wildman–Crippen LogP) is 5.15. The minimum atomic E-state index is -0.260. The van der Waals surface area contributed by atoms with E-state index in [0.717, 1.165) is 24.6 Å². The lowest BCUT2D eigenvalue weighted by molar-refractivity contribution is 0.0569. The zero-order valence-electron chi connectivity index (χ0n) is 18.3. The highest BCUT2D eigenvalue weighted by Gasteiger charge is 2.32. The zero-order chi connectivity index (χ0) is 22.8. The summed E-state index contributed by atoms with van der Waals surface area (Å²) in [4.78, 5) is 36.9. The van der Waals surface area contributed by atoms with Crippen LogP contribution < -0.4 is 5.32 Å². The third kappa shape index (κ3) is 4.22. The Kier molecular flexibility index (Phi) is 5.60. The van der Waals surface area contributed by atoms with Crippen molar-refractivity contribution in [2.24, 2.45) is 0 Å². The lowest BCUT2D eigenvalue weighted by atomic mass is 10.0. The lowest BCUT2D eigenvalue weighted by Crippen LogP contribution is -2.39. The molecule has 0 aliphatic carbocycles. The first-order chi connectivity index (χ1) is 16.1. The summed E-state index contributed by atoms with van der Waals surface area (Å²) < 4.78 is 5.81. The van der Waals surface area contributed by atoms with Crippen LogP contribution in [-0.4, -0.2) is 33.2 Å². The highest BCUT2D eigenvalue weighted by atomic mass is 16.3. The molecule has 1 N–H and O–H groups in total. The van der Waals surface area contributed by atoms with Gasteiger partial charge in [0.05, 0.1) is 17.3 Å². The molecule has 5 rings (SSSR count). The average Bonchev–Trinajstić information content (AvgIpc) is 3.28. The van der Waals surface area contributed by atoms with Crippen LogP contribution >= 0.6 is 0 Å². The Morgan fingerprint density at radius 1 is 1.06 bits per heavy atom. The Bertz CT molecular complexity index is 1280. The van der Waals surface area contributed by atoms with Gasteiger partial charge in [-0.2, -0.15) is 0 Å². The van der Waals surface area contributed by atoms with Gasteiger partial charge in [0.1, 0.15) is 5.58 Å². The number of carbonyl (C=O) groups excluding carboxylic acids is 2. The van der Waals surface area contributed by atoms with Crippen molar-refractivity contribution >= 4 is 28.5 Å². The van der Waals surface area contributed by atoms with Crippen LogP contribution in [0.5, 0.6) is 0 Å². The van der Waals surface area contributed by atoms with Crippen molar-refractivity contribution in [2.45, 2.75) is 32.2 Å². The Morgan fingerprint density at radius 2 is 1.85 bits per heavy atom. The third-order valence-corrected chi connectivity index (χ3v) is 5.97. The molecule has 4 aromatic rings. The van der Waals surface area contributed by atoms with Crippen molar-refractivity contribution in [3.05, 3.63) is 89.7 Å². The van der Waals surface area contributed by atoms with Crippen molar-refractivity contribution in [3.63, 3.8) is 0 Å². The molecule has 1 aliphatic heterocycles. The van der Waals surface area contributed by atoms with E-state index in [1.165, 1.54) is 0 Å². The summed E-state index contributed by atoms with van der Waals surface area (Å²) in [7, 11) is 0. The van der Waals surface area contributed by atoms with Gasteiger partial charge in [-0.3, -0.25) is 9.59 Å². The fraction of sp³-hybridized carbons (Fsp3) is 0.231. The number of aromatic nitrogens is 2. The Labute approximate surface area is 191 Å². The van der Waals surface area contributed by atoms with Crippen molar-refractivity contribution in [2.75, 3.05) is 11.9 Å². The maximum atomic E-state index is 13.3. The molecular formula is C26H24N4O3. The van der Waals surface area contributed by atoms with Crippen molar-refractivity contribution in [1.82, 2.24) is 14.9 Å². The largest absolute Gasteiger partial charge is 0.451 e. The van der Waals surface area contributed by atoms with Crippen LogP contribution in [0.2, 0.25) is 0 Å². The lowest BCUT2D eigenvalue weighted by Gasteiger charge is -2.34. The van der Waals surface area contributed by atoms with E-state index in [2.05, 4.69) is 15.3 Å². The Hall–Kier alpha value is -4.00. The average molecular weight is 441 g/mol. The van der Waals surface area contributed by atoms with Gasteiger partial charge in [-0.05, 0) is 50.5 Å². The number of furan rings is 1. The van der Waals surface area contributed by atoms with E-state index in [9.17, 15) is 9.59 Å². The van der Waals surface area contributed by atoms with Crippen LogP contribution in [-0.2, 0) is 0 Å². The zero-order valence-corrected chi connectivity index (χ0v) is 18.3. The molecule has 1 atom stereocenters. The second-order valence-electron chi connectivity index (χ2n) is 8.21. The van der Waals surface area contributed by atoms with Crippen molar-refractivity contribution in [3.8, 4) is 0 Å². The number of aryl methyl sites for hydroxylation is 1. The molecule has 2 aromatic carbocycles. The van der Waals surface area contributed by atoms with Crippen LogP contribution in [0.3, 0.4) is 0 Å². The van der Waals surface area contributed by atoms with E-state index in [0.29, 0.717) is 40.7 Å². The molecule has 1 aliphatic rings. The SMILES string of the molecule is Cc1nc([C@H]2CCCCN2C(=O)c2cc3ccccc3o2)ncc1C(=O)Nc1ccccc1. The number of piperidine rings is 1. The first kappa shape index (κ1) is 20.9. The number of likely N-dealkylation sites (tertiary alicyclic amines) is 1. The number of anilines is 1. The minimum Gasteiger partial charge on any atom is -0.451 e. The summed E-state index contributed by atoms with van der Waals surface area (Å²) in [5.41, 5.74) is 2.39. The van der Waals surface area contributed by atoms with E-state index in [1.807, 2.05) is 54.6 Å². The van der Waals surface area contributed by atoms with E-state index >= 15 is 0 Å². The van der Waals surface area contributed by atoms with E-state index in [4.69, 9.17) is 4.42 Å². The number of carbonyl (C=O) groups is 2. The molecular weight excluding hydrogens is 416 g/mol. The fourth-order valence-corrected chi connectivity index (χ4v) is 4.26. The number of hydrogen-bond donors (Lipinski definition) is 1. The quantitative estimate of drug-likeness (QED) is 0.474. The Balaban J connectivity index is 1.39. The van der Waals surface area contributed by atoms with E-state index in [-0.39, 0.29) is 17.9 Å². The van der Waals surface area contributed by atoms with Gasteiger partial charge < -0.3 is 14.6 Å².